The number of aliphatic hydroxyl groups is 1. The van der Waals surface area contributed by atoms with Crippen LogP contribution in [0.1, 0.15) is 38.4 Å². The molecule has 0 aliphatic carbocycles. The maximum Gasteiger partial charge on any atom is 0.290 e. The molecule has 2 aromatic rings. The third-order valence-electron chi connectivity index (χ3n) is 4.86. The van der Waals surface area contributed by atoms with Gasteiger partial charge in [-0.05, 0) is 47.0 Å². The Labute approximate surface area is 173 Å². The molecule has 8 heteroatoms. The lowest BCUT2D eigenvalue weighted by Crippen LogP contribution is -2.34. The summed E-state index contributed by atoms with van der Waals surface area (Å²) in [6.07, 6.45) is 0.622. The minimum Gasteiger partial charge on any atom is -0.503 e. The first kappa shape index (κ1) is 21.1. The lowest BCUT2D eigenvalue weighted by molar-refractivity contribution is -0.129. The molecular formula is C21H24FN3O3S. The fourth-order valence-electron chi connectivity index (χ4n) is 3.56. The van der Waals surface area contributed by atoms with E-state index < -0.39 is 29.3 Å². The van der Waals surface area contributed by atoms with Gasteiger partial charge in [-0.1, -0.05) is 18.2 Å². The van der Waals surface area contributed by atoms with Crippen LogP contribution in [0.3, 0.4) is 0 Å². The van der Waals surface area contributed by atoms with Gasteiger partial charge >= 0.3 is 0 Å². The summed E-state index contributed by atoms with van der Waals surface area (Å²) >= 11 is 1.20. The zero-order valence-electron chi connectivity index (χ0n) is 16.9. The fraction of sp³-hybridized carbons (Fsp3) is 0.381. The van der Waals surface area contributed by atoms with Gasteiger partial charge in [-0.2, -0.15) is 0 Å². The first-order chi connectivity index (χ1) is 13.7. The van der Waals surface area contributed by atoms with Crippen molar-refractivity contribution in [2.45, 2.75) is 26.3 Å². The standard InChI is InChI=1S/C21H24FN3O3S/c1-12-20(29-13(2)23-12)18(26)16-17(14-8-5-6-9-15(14)22)25(21(28)19(16)27)11-7-10-24(3)4/h5-6,8-9,17,27H,7,10-11H2,1-4H3/t17-/m1/s1. The number of ketones is 1. The minimum absolute atomic E-state index is 0.0864. The van der Waals surface area contributed by atoms with E-state index in [1.807, 2.05) is 19.0 Å². The number of hydrogen-bond donors (Lipinski definition) is 1. The highest BCUT2D eigenvalue weighted by Crippen LogP contribution is 2.40. The van der Waals surface area contributed by atoms with Crippen molar-refractivity contribution < 1.29 is 19.1 Å². The fourth-order valence-corrected chi connectivity index (χ4v) is 4.43. The third-order valence-corrected chi connectivity index (χ3v) is 5.93. The number of carbonyl (C=O) groups excluding carboxylic acids is 2. The molecule has 1 amide bonds. The van der Waals surface area contributed by atoms with Crippen LogP contribution < -0.4 is 0 Å². The number of rotatable bonds is 7. The van der Waals surface area contributed by atoms with Crippen molar-refractivity contribution in [3.05, 3.63) is 62.6 Å². The van der Waals surface area contributed by atoms with E-state index in [9.17, 15) is 19.1 Å². The van der Waals surface area contributed by atoms with Crippen LogP contribution in [0.15, 0.2) is 35.6 Å². The van der Waals surface area contributed by atoms with Crippen LogP contribution in [-0.4, -0.2) is 58.8 Å². The Morgan fingerprint density at radius 2 is 2.00 bits per heavy atom. The van der Waals surface area contributed by atoms with Crippen molar-refractivity contribution in [1.82, 2.24) is 14.8 Å². The molecule has 0 saturated carbocycles. The van der Waals surface area contributed by atoms with Crippen LogP contribution in [0.2, 0.25) is 0 Å². The predicted molar refractivity (Wildman–Crippen MR) is 110 cm³/mol. The van der Waals surface area contributed by atoms with E-state index in [0.717, 1.165) is 0 Å². The van der Waals surface area contributed by atoms with Crippen molar-refractivity contribution >= 4 is 23.0 Å². The highest BCUT2D eigenvalue weighted by atomic mass is 32.1. The van der Waals surface area contributed by atoms with Gasteiger partial charge in [-0.3, -0.25) is 9.59 Å². The molecule has 0 bridgehead atoms. The zero-order valence-corrected chi connectivity index (χ0v) is 17.7. The molecule has 1 aliphatic heterocycles. The molecule has 29 heavy (non-hydrogen) atoms. The summed E-state index contributed by atoms with van der Waals surface area (Å²) in [5, 5.41) is 11.3. The van der Waals surface area contributed by atoms with Crippen molar-refractivity contribution in [1.29, 1.82) is 0 Å². The van der Waals surface area contributed by atoms with Crippen LogP contribution in [0.5, 0.6) is 0 Å². The van der Waals surface area contributed by atoms with E-state index in [1.165, 1.54) is 22.3 Å². The number of aryl methyl sites for hydroxylation is 2. The summed E-state index contributed by atoms with van der Waals surface area (Å²) in [5.41, 5.74) is 0.636. The number of aromatic nitrogens is 1. The molecule has 1 N–H and O–H groups in total. The molecule has 6 nitrogen and oxygen atoms in total. The average Bonchev–Trinajstić information content (AvgIpc) is 3.12. The number of nitrogens with zero attached hydrogens (tertiary/aromatic N) is 3. The molecular weight excluding hydrogens is 393 g/mol. The largest absolute Gasteiger partial charge is 0.503 e. The van der Waals surface area contributed by atoms with Crippen LogP contribution >= 0.6 is 11.3 Å². The number of carbonyl (C=O) groups is 2. The van der Waals surface area contributed by atoms with Crippen molar-refractivity contribution in [2.75, 3.05) is 27.2 Å². The maximum atomic E-state index is 14.7. The summed E-state index contributed by atoms with van der Waals surface area (Å²) in [7, 11) is 3.83. The molecule has 154 valence electrons. The number of benzene rings is 1. The summed E-state index contributed by atoms with van der Waals surface area (Å²) in [6.45, 7) is 4.49. The van der Waals surface area contributed by atoms with Crippen molar-refractivity contribution in [2.24, 2.45) is 0 Å². The van der Waals surface area contributed by atoms with E-state index in [-0.39, 0.29) is 17.7 Å². The summed E-state index contributed by atoms with van der Waals surface area (Å²) in [6, 6.07) is 5.06. The second kappa shape index (κ2) is 8.42. The molecule has 3 rings (SSSR count). The number of amides is 1. The van der Waals surface area contributed by atoms with Gasteiger partial charge in [0.15, 0.2) is 5.76 Å². The molecule has 2 heterocycles. The highest BCUT2D eigenvalue weighted by molar-refractivity contribution is 7.14. The number of hydrogen-bond acceptors (Lipinski definition) is 6. The van der Waals surface area contributed by atoms with Gasteiger partial charge < -0.3 is 14.9 Å². The van der Waals surface area contributed by atoms with Gasteiger partial charge in [0.1, 0.15) is 5.82 Å². The van der Waals surface area contributed by atoms with Gasteiger partial charge in [0.2, 0.25) is 5.78 Å². The van der Waals surface area contributed by atoms with E-state index in [0.29, 0.717) is 28.5 Å². The number of thiazole rings is 1. The van der Waals surface area contributed by atoms with Crippen LogP contribution in [-0.2, 0) is 4.79 Å². The van der Waals surface area contributed by atoms with E-state index in [4.69, 9.17) is 0 Å². The Morgan fingerprint density at radius 3 is 2.59 bits per heavy atom. The Morgan fingerprint density at radius 1 is 1.31 bits per heavy atom. The second-order valence-corrected chi connectivity index (χ2v) is 8.52. The van der Waals surface area contributed by atoms with Gasteiger partial charge in [0, 0.05) is 12.1 Å². The smallest absolute Gasteiger partial charge is 0.290 e. The number of halogens is 1. The van der Waals surface area contributed by atoms with E-state index in [1.54, 1.807) is 32.0 Å². The molecule has 0 saturated heterocycles. The van der Waals surface area contributed by atoms with Crippen molar-refractivity contribution in [3.8, 4) is 0 Å². The molecule has 1 atom stereocenters. The third kappa shape index (κ3) is 4.09. The number of Topliss-reactive ketones (excluding diaryl/α,β-unsaturated/α-hetero) is 1. The first-order valence-electron chi connectivity index (χ1n) is 9.34. The first-order valence-corrected chi connectivity index (χ1v) is 10.2. The lowest BCUT2D eigenvalue weighted by Gasteiger charge is -2.27. The van der Waals surface area contributed by atoms with E-state index in [2.05, 4.69) is 4.98 Å². The molecule has 0 spiro atoms. The maximum absolute atomic E-state index is 14.7. The van der Waals surface area contributed by atoms with Crippen LogP contribution in [0.25, 0.3) is 0 Å². The van der Waals surface area contributed by atoms with Gasteiger partial charge in [0.25, 0.3) is 5.91 Å². The normalized spacial score (nSPS) is 17.0. The highest BCUT2D eigenvalue weighted by Gasteiger charge is 2.45. The quantitative estimate of drug-likeness (QED) is 0.699. The van der Waals surface area contributed by atoms with Crippen LogP contribution in [0, 0.1) is 19.7 Å². The Balaban J connectivity index is 2.06. The topological polar surface area (TPSA) is 73.7 Å². The lowest BCUT2D eigenvalue weighted by atomic mass is 9.94. The Kier molecular flexibility index (Phi) is 6.14. The Bertz CT molecular complexity index is 983. The molecule has 1 aliphatic rings. The molecule has 1 aromatic carbocycles. The van der Waals surface area contributed by atoms with Crippen molar-refractivity contribution in [3.63, 3.8) is 0 Å². The second-order valence-electron chi connectivity index (χ2n) is 7.32. The Hall–Kier alpha value is -2.58. The summed E-state index contributed by atoms with van der Waals surface area (Å²) in [5.74, 6) is -2.28. The number of aliphatic hydroxyl groups excluding tert-OH is 1. The molecule has 0 unspecified atom stereocenters. The van der Waals surface area contributed by atoms with Crippen LogP contribution in [0.4, 0.5) is 4.39 Å². The SMILES string of the molecule is Cc1nc(C)c(C(=O)C2=C(O)C(=O)N(CCCN(C)C)[C@@H]2c2ccccc2F)s1. The van der Waals surface area contributed by atoms with E-state index >= 15 is 0 Å². The van der Waals surface area contributed by atoms with Gasteiger partial charge in [-0.25, -0.2) is 9.37 Å². The van der Waals surface area contributed by atoms with Gasteiger partial charge in [-0.15, -0.1) is 11.3 Å². The monoisotopic (exact) mass is 417 g/mol. The average molecular weight is 418 g/mol. The minimum atomic E-state index is -0.972. The van der Waals surface area contributed by atoms with Gasteiger partial charge in [0.05, 0.1) is 27.2 Å². The predicted octanol–water partition coefficient (Wildman–Crippen LogP) is 3.43. The molecule has 0 fully saturated rings. The summed E-state index contributed by atoms with van der Waals surface area (Å²) < 4.78 is 14.7. The zero-order chi connectivity index (χ0) is 21.3. The summed E-state index contributed by atoms with van der Waals surface area (Å²) in [4.78, 5) is 34.1. The molecule has 1 aromatic heterocycles. The molecule has 0 radical (unpaired) electrons.